The molecule has 1 aliphatic rings. The average Bonchev–Trinajstić information content (AvgIpc) is 3.34. The molecule has 0 bridgehead atoms. The zero-order valence-electron chi connectivity index (χ0n) is 21.4. The predicted octanol–water partition coefficient (Wildman–Crippen LogP) is 2.51. The molecule has 0 aliphatic carbocycles. The molecule has 9 nitrogen and oxygen atoms in total. The van der Waals surface area contributed by atoms with Crippen LogP contribution in [0.1, 0.15) is 81.6 Å². The smallest absolute Gasteiger partial charge is 0.305 e. The van der Waals surface area contributed by atoms with Crippen LogP contribution in [-0.2, 0) is 25.6 Å². The lowest BCUT2D eigenvalue weighted by Crippen LogP contribution is -2.56. The van der Waals surface area contributed by atoms with Crippen LogP contribution < -0.4 is 10.6 Å². The van der Waals surface area contributed by atoms with Gasteiger partial charge in [0.05, 0.1) is 12.5 Å². The summed E-state index contributed by atoms with van der Waals surface area (Å²) in [6.07, 6.45) is 6.38. The van der Waals surface area contributed by atoms with Gasteiger partial charge in [0.1, 0.15) is 18.4 Å². The quantitative estimate of drug-likeness (QED) is 0.266. The summed E-state index contributed by atoms with van der Waals surface area (Å²) in [4.78, 5) is 62.5. The maximum Gasteiger partial charge on any atom is 0.305 e. The SMILES string of the molecule is CCCCCCc1c[c]c(C(=O)N[C@H](C(=O)N2CCC[C@H]2C(=O)N[C@H](C=O)CC(=O)O)C(C)C)cc1. The maximum atomic E-state index is 13.4. The zero-order valence-corrected chi connectivity index (χ0v) is 21.4. The van der Waals surface area contributed by atoms with E-state index >= 15 is 0 Å². The van der Waals surface area contributed by atoms with Gasteiger partial charge in [-0.15, -0.1) is 0 Å². The number of unbranched alkanes of at least 4 members (excludes halogenated alkanes) is 3. The third-order valence-electron chi connectivity index (χ3n) is 6.39. The van der Waals surface area contributed by atoms with Gasteiger partial charge in [-0.25, -0.2) is 0 Å². The number of carbonyl (C=O) groups excluding carboxylic acids is 4. The number of nitrogens with one attached hydrogen (secondary N) is 2. The molecule has 9 heteroatoms. The number of hydrogen-bond acceptors (Lipinski definition) is 5. The summed E-state index contributed by atoms with van der Waals surface area (Å²) >= 11 is 0. The number of rotatable bonds is 14. The topological polar surface area (TPSA) is 133 Å². The number of amides is 3. The Morgan fingerprint density at radius 3 is 2.50 bits per heavy atom. The van der Waals surface area contributed by atoms with Crippen LogP contribution in [0.25, 0.3) is 0 Å². The Hall–Kier alpha value is -3.23. The molecule has 36 heavy (non-hydrogen) atoms. The standard InChI is InChI=1S/C27H38N3O6/c1-4-5-6-7-9-19-11-13-20(14-12-19)25(34)29-24(18(2)3)27(36)30-15-8-10-22(30)26(35)28-21(17-31)16-23(32)33/h11-13,17-18,21-22,24H,4-10,15-16H2,1-3H3,(H,28,35)(H,29,34)(H,32,33)/t21-,22-,24-/m0/s1. The van der Waals surface area contributed by atoms with Crippen molar-refractivity contribution < 1.29 is 29.1 Å². The molecule has 3 N–H and O–H groups in total. The van der Waals surface area contributed by atoms with Gasteiger partial charge in [0, 0.05) is 12.1 Å². The number of benzene rings is 1. The fourth-order valence-electron chi connectivity index (χ4n) is 4.32. The van der Waals surface area contributed by atoms with Crippen molar-refractivity contribution in [2.45, 2.75) is 90.3 Å². The fraction of sp³-hybridized carbons (Fsp3) is 0.593. The highest BCUT2D eigenvalue weighted by atomic mass is 16.4. The molecule has 1 fully saturated rings. The van der Waals surface area contributed by atoms with E-state index < -0.39 is 42.3 Å². The minimum Gasteiger partial charge on any atom is -0.481 e. The molecule has 1 aromatic rings. The summed E-state index contributed by atoms with van der Waals surface area (Å²) in [6, 6.07) is 5.60. The van der Waals surface area contributed by atoms with Crippen molar-refractivity contribution in [3.63, 3.8) is 0 Å². The van der Waals surface area contributed by atoms with E-state index in [-0.39, 0.29) is 11.8 Å². The van der Waals surface area contributed by atoms with E-state index in [1.54, 1.807) is 6.07 Å². The molecule has 0 aromatic heterocycles. The van der Waals surface area contributed by atoms with E-state index in [4.69, 9.17) is 5.11 Å². The van der Waals surface area contributed by atoms with Crippen LogP contribution in [0.5, 0.6) is 0 Å². The molecule has 0 spiro atoms. The van der Waals surface area contributed by atoms with E-state index in [1.165, 1.54) is 24.2 Å². The molecular weight excluding hydrogens is 462 g/mol. The van der Waals surface area contributed by atoms with Gasteiger partial charge >= 0.3 is 5.97 Å². The summed E-state index contributed by atoms with van der Waals surface area (Å²) < 4.78 is 0. The number of carboxylic acid groups (broad SMARTS) is 1. The molecule has 3 amide bonds. The molecular formula is C27H38N3O6. The number of aryl methyl sites for hydroxylation is 1. The Kier molecular flexibility index (Phi) is 11.6. The van der Waals surface area contributed by atoms with Gasteiger partial charge in [0.2, 0.25) is 11.8 Å². The average molecular weight is 501 g/mol. The fourth-order valence-corrected chi connectivity index (χ4v) is 4.32. The van der Waals surface area contributed by atoms with E-state index in [0.717, 1.165) is 18.4 Å². The summed E-state index contributed by atoms with van der Waals surface area (Å²) in [5.74, 6) is -2.82. The number of hydrogen-bond donors (Lipinski definition) is 3. The van der Waals surface area contributed by atoms with Gasteiger partial charge in [-0.1, -0.05) is 52.2 Å². The minimum absolute atomic E-state index is 0.238. The Morgan fingerprint density at radius 1 is 1.17 bits per heavy atom. The van der Waals surface area contributed by atoms with Crippen molar-refractivity contribution in [1.82, 2.24) is 15.5 Å². The van der Waals surface area contributed by atoms with Crippen molar-refractivity contribution in [2.75, 3.05) is 6.54 Å². The Bertz CT molecular complexity index is 915. The number of nitrogens with zero attached hydrogens (tertiary/aromatic N) is 1. The normalized spacial score (nSPS) is 16.9. The lowest BCUT2D eigenvalue weighted by molar-refractivity contribution is -0.142. The van der Waals surface area contributed by atoms with Gasteiger partial charge in [0.25, 0.3) is 5.91 Å². The minimum atomic E-state index is -1.21. The second-order valence-corrected chi connectivity index (χ2v) is 9.66. The Balaban J connectivity index is 2.04. The molecule has 3 atom stereocenters. The molecule has 1 saturated heterocycles. The highest BCUT2D eigenvalue weighted by molar-refractivity contribution is 5.98. The van der Waals surface area contributed by atoms with Gasteiger partial charge in [0.15, 0.2) is 0 Å². The summed E-state index contributed by atoms with van der Waals surface area (Å²) in [5, 5.41) is 14.1. The van der Waals surface area contributed by atoms with E-state index in [0.29, 0.717) is 31.2 Å². The Morgan fingerprint density at radius 2 is 1.92 bits per heavy atom. The first-order chi connectivity index (χ1) is 17.2. The molecule has 1 heterocycles. The van der Waals surface area contributed by atoms with Crippen LogP contribution in [0, 0.1) is 12.0 Å². The van der Waals surface area contributed by atoms with E-state index in [9.17, 15) is 24.0 Å². The number of carboxylic acids is 1. The molecule has 197 valence electrons. The first-order valence-electron chi connectivity index (χ1n) is 12.8. The highest BCUT2D eigenvalue weighted by Crippen LogP contribution is 2.21. The van der Waals surface area contributed by atoms with Crippen LogP contribution in [-0.4, -0.2) is 64.7 Å². The van der Waals surface area contributed by atoms with Crippen molar-refractivity contribution in [3.05, 3.63) is 35.4 Å². The molecule has 2 rings (SSSR count). The molecule has 0 saturated carbocycles. The van der Waals surface area contributed by atoms with Crippen LogP contribution in [0.3, 0.4) is 0 Å². The largest absolute Gasteiger partial charge is 0.481 e. The van der Waals surface area contributed by atoms with Crippen LogP contribution in [0.15, 0.2) is 18.2 Å². The van der Waals surface area contributed by atoms with Crippen molar-refractivity contribution in [1.29, 1.82) is 0 Å². The lowest BCUT2D eigenvalue weighted by atomic mass is 10.0. The van der Waals surface area contributed by atoms with Gasteiger partial charge in [-0.05, 0) is 49.3 Å². The third-order valence-corrected chi connectivity index (χ3v) is 6.39. The van der Waals surface area contributed by atoms with Gasteiger partial charge in [-0.3, -0.25) is 19.2 Å². The molecule has 1 aromatic carbocycles. The predicted molar refractivity (Wildman–Crippen MR) is 134 cm³/mol. The second kappa shape index (κ2) is 14.4. The number of aliphatic carboxylic acids is 1. The molecule has 1 aliphatic heterocycles. The third kappa shape index (κ3) is 8.46. The highest BCUT2D eigenvalue weighted by Gasteiger charge is 2.39. The van der Waals surface area contributed by atoms with E-state index in [2.05, 4.69) is 23.6 Å². The van der Waals surface area contributed by atoms with Gasteiger partial charge < -0.3 is 25.4 Å². The number of aldehydes is 1. The maximum absolute atomic E-state index is 13.4. The molecule has 1 radical (unpaired) electrons. The monoisotopic (exact) mass is 500 g/mol. The lowest BCUT2D eigenvalue weighted by Gasteiger charge is -2.31. The second-order valence-electron chi connectivity index (χ2n) is 9.66. The van der Waals surface area contributed by atoms with E-state index in [1.807, 2.05) is 26.0 Å². The summed E-state index contributed by atoms with van der Waals surface area (Å²) in [6.45, 7) is 6.12. The zero-order chi connectivity index (χ0) is 26.7. The van der Waals surface area contributed by atoms with Crippen molar-refractivity contribution in [3.8, 4) is 0 Å². The first-order valence-corrected chi connectivity index (χ1v) is 12.8. The van der Waals surface area contributed by atoms with Crippen LogP contribution in [0.2, 0.25) is 0 Å². The van der Waals surface area contributed by atoms with Crippen LogP contribution >= 0.6 is 0 Å². The first kappa shape index (κ1) is 29.0. The molecule has 0 unspecified atom stereocenters. The van der Waals surface area contributed by atoms with Crippen LogP contribution in [0.4, 0.5) is 0 Å². The summed E-state index contributed by atoms with van der Waals surface area (Å²) in [7, 11) is 0. The summed E-state index contributed by atoms with van der Waals surface area (Å²) in [5.41, 5.74) is 1.45. The van der Waals surface area contributed by atoms with Crippen molar-refractivity contribution >= 4 is 30.0 Å². The number of likely N-dealkylation sites (tertiary alicyclic amines) is 1. The van der Waals surface area contributed by atoms with Crippen molar-refractivity contribution in [2.24, 2.45) is 5.92 Å². The van der Waals surface area contributed by atoms with Gasteiger partial charge in [-0.2, -0.15) is 0 Å². The Labute approximate surface area is 213 Å². The number of carbonyl (C=O) groups is 5.